The lowest BCUT2D eigenvalue weighted by Crippen LogP contribution is -1.89. The smallest absolute Gasteiger partial charge is 0.135 e. The number of nitrogen functional groups attached to an aromatic ring is 1. The molecule has 0 spiro atoms. The highest BCUT2D eigenvalue weighted by Gasteiger charge is 2.08. The van der Waals surface area contributed by atoms with Crippen LogP contribution in [0.4, 0.5) is 5.82 Å². The van der Waals surface area contributed by atoms with E-state index in [0.717, 1.165) is 15.1 Å². The van der Waals surface area contributed by atoms with Crippen LogP contribution in [-0.4, -0.2) is 9.97 Å². The van der Waals surface area contributed by atoms with Crippen molar-refractivity contribution in [3.63, 3.8) is 0 Å². The number of nitrogens with two attached hydrogens (primary N) is 1. The van der Waals surface area contributed by atoms with E-state index in [4.69, 9.17) is 5.73 Å². The standard InChI is InChI=1S/C16H11N3S/c17-15-13-8-14(20-16(13)19-9-18-15)12-6-5-10-3-1-2-4-11(10)7-12/h1-9H,(H2,17,18,19). The van der Waals surface area contributed by atoms with Crippen LogP contribution in [0, 0.1) is 0 Å². The van der Waals surface area contributed by atoms with Crippen molar-refractivity contribution in [3.8, 4) is 10.4 Å². The highest BCUT2D eigenvalue weighted by molar-refractivity contribution is 7.21. The molecule has 20 heavy (non-hydrogen) atoms. The fraction of sp³-hybridized carbons (Fsp3) is 0. The summed E-state index contributed by atoms with van der Waals surface area (Å²) >= 11 is 1.64. The predicted octanol–water partition coefficient (Wildman–Crippen LogP) is 4.09. The lowest BCUT2D eigenvalue weighted by Gasteiger charge is -2.00. The molecule has 0 bridgehead atoms. The Morgan fingerprint density at radius 2 is 1.75 bits per heavy atom. The zero-order valence-corrected chi connectivity index (χ0v) is 11.4. The van der Waals surface area contributed by atoms with E-state index in [-0.39, 0.29) is 0 Å². The van der Waals surface area contributed by atoms with Crippen LogP contribution in [0.2, 0.25) is 0 Å². The van der Waals surface area contributed by atoms with E-state index in [1.807, 2.05) is 0 Å². The van der Waals surface area contributed by atoms with Crippen molar-refractivity contribution in [2.45, 2.75) is 0 Å². The van der Waals surface area contributed by atoms with Crippen molar-refractivity contribution in [3.05, 3.63) is 54.9 Å². The summed E-state index contributed by atoms with van der Waals surface area (Å²) in [6.45, 7) is 0. The second kappa shape index (κ2) is 4.28. The molecule has 0 fully saturated rings. The normalized spacial score (nSPS) is 11.2. The zero-order valence-electron chi connectivity index (χ0n) is 10.6. The Bertz CT molecular complexity index is 927. The van der Waals surface area contributed by atoms with Gasteiger partial charge in [-0.1, -0.05) is 36.4 Å². The lowest BCUT2D eigenvalue weighted by molar-refractivity contribution is 1.24. The van der Waals surface area contributed by atoms with Gasteiger partial charge in [-0.15, -0.1) is 11.3 Å². The first-order valence-corrected chi connectivity index (χ1v) is 7.12. The van der Waals surface area contributed by atoms with Gasteiger partial charge in [0.2, 0.25) is 0 Å². The van der Waals surface area contributed by atoms with Crippen molar-refractivity contribution in [2.75, 3.05) is 5.73 Å². The van der Waals surface area contributed by atoms with E-state index >= 15 is 0 Å². The Balaban J connectivity index is 1.94. The van der Waals surface area contributed by atoms with Crippen molar-refractivity contribution in [1.82, 2.24) is 9.97 Å². The number of thiophene rings is 1. The molecule has 4 heteroatoms. The van der Waals surface area contributed by atoms with Gasteiger partial charge in [-0.25, -0.2) is 9.97 Å². The van der Waals surface area contributed by atoms with Crippen LogP contribution in [0.25, 0.3) is 31.4 Å². The van der Waals surface area contributed by atoms with Gasteiger partial charge < -0.3 is 5.73 Å². The molecule has 96 valence electrons. The van der Waals surface area contributed by atoms with E-state index in [9.17, 15) is 0 Å². The summed E-state index contributed by atoms with van der Waals surface area (Å²) in [6, 6.07) is 16.9. The van der Waals surface area contributed by atoms with Gasteiger partial charge in [0.05, 0.1) is 5.39 Å². The summed E-state index contributed by atoms with van der Waals surface area (Å²) in [7, 11) is 0. The first-order chi connectivity index (χ1) is 9.81. The number of hydrogen-bond donors (Lipinski definition) is 1. The molecule has 0 aliphatic carbocycles. The first kappa shape index (κ1) is 11.4. The molecule has 2 heterocycles. The summed E-state index contributed by atoms with van der Waals surface area (Å²) in [6.07, 6.45) is 1.51. The molecule has 0 aliphatic rings. The van der Waals surface area contributed by atoms with Crippen LogP contribution in [0.5, 0.6) is 0 Å². The van der Waals surface area contributed by atoms with Crippen LogP contribution in [-0.2, 0) is 0 Å². The summed E-state index contributed by atoms with van der Waals surface area (Å²) in [5.41, 5.74) is 7.08. The predicted molar refractivity (Wildman–Crippen MR) is 84.8 cm³/mol. The molecule has 0 saturated carbocycles. The molecule has 0 atom stereocenters. The first-order valence-electron chi connectivity index (χ1n) is 6.30. The average molecular weight is 277 g/mol. The van der Waals surface area contributed by atoms with E-state index < -0.39 is 0 Å². The molecule has 0 unspecified atom stereocenters. The molecule has 4 rings (SSSR count). The molecule has 4 aromatic rings. The van der Waals surface area contributed by atoms with Gasteiger partial charge in [-0.2, -0.15) is 0 Å². The fourth-order valence-electron chi connectivity index (χ4n) is 2.36. The Labute approximate surface area is 119 Å². The van der Waals surface area contributed by atoms with Gasteiger partial charge in [0.15, 0.2) is 0 Å². The molecular formula is C16H11N3S. The van der Waals surface area contributed by atoms with Crippen molar-refractivity contribution in [2.24, 2.45) is 0 Å². The van der Waals surface area contributed by atoms with Gasteiger partial charge in [0.25, 0.3) is 0 Å². The molecule has 0 radical (unpaired) electrons. The topological polar surface area (TPSA) is 51.8 Å². The van der Waals surface area contributed by atoms with Crippen molar-refractivity contribution < 1.29 is 0 Å². The second-order valence-corrected chi connectivity index (χ2v) is 5.68. The molecule has 2 aromatic heterocycles. The van der Waals surface area contributed by atoms with Crippen LogP contribution >= 0.6 is 11.3 Å². The quantitative estimate of drug-likeness (QED) is 0.570. The highest BCUT2D eigenvalue weighted by Crippen LogP contribution is 2.35. The van der Waals surface area contributed by atoms with Crippen molar-refractivity contribution in [1.29, 1.82) is 0 Å². The number of hydrogen-bond acceptors (Lipinski definition) is 4. The minimum Gasteiger partial charge on any atom is -0.383 e. The van der Waals surface area contributed by atoms with Crippen LogP contribution in [0.15, 0.2) is 54.9 Å². The zero-order chi connectivity index (χ0) is 13.5. The van der Waals surface area contributed by atoms with E-state index in [2.05, 4.69) is 58.5 Å². The molecular weight excluding hydrogens is 266 g/mol. The average Bonchev–Trinajstić information content (AvgIpc) is 2.92. The lowest BCUT2D eigenvalue weighted by atomic mass is 10.1. The highest BCUT2D eigenvalue weighted by atomic mass is 32.1. The molecule has 2 N–H and O–H groups in total. The third kappa shape index (κ3) is 1.73. The minimum atomic E-state index is 0.540. The third-order valence-corrected chi connectivity index (χ3v) is 4.49. The van der Waals surface area contributed by atoms with Gasteiger partial charge in [-0.3, -0.25) is 0 Å². The summed E-state index contributed by atoms with van der Waals surface area (Å²) in [4.78, 5) is 10.4. The maximum absolute atomic E-state index is 5.89. The Kier molecular flexibility index (Phi) is 2.44. The summed E-state index contributed by atoms with van der Waals surface area (Å²) < 4.78 is 0. The Morgan fingerprint density at radius 1 is 0.900 bits per heavy atom. The molecule has 3 nitrogen and oxygen atoms in total. The minimum absolute atomic E-state index is 0.540. The largest absolute Gasteiger partial charge is 0.383 e. The Morgan fingerprint density at radius 3 is 2.60 bits per heavy atom. The van der Waals surface area contributed by atoms with Crippen LogP contribution in [0.1, 0.15) is 0 Å². The number of rotatable bonds is 1. The third-order valence-electron chi connectivity index (χ3n) is 3.39. The summed E-state index contributed by atoms with van der Waals surface area (Å²) in [5, 5.41) is 3.42. The van der Waals surface area contributed by atoms with E-state index in [0.29, 0.717) is 5.82 Å². The maximum Gasteiger partial charge on any atom is 0.135 e. The molecule has 2 aromatic carbocycles. The van der Waals surface area contributed by atoms with E-state index in [1.165, 1.54) is 22.7 Å². The second-order valence-electron chi connectivity index (χ2n) is 4.65. The van der Waals surface area contributed by atoms with Crippen LogP contribution in [0.3, 0.4) is 0 Å². The van der Waals surface area contributed by atoms with Gasteiger partial charge in [0.1, 0.15) is 17.0 Å². The number of benzene rings is 2. The Hall–Kier alpha value is -2.46. The van der Waals surface area contributed by atoms with Crippen LogP contribution < -0.4 is 5.73 Å². The number of anilines is 1. The molecule has 0 saturated heterocycles. The molecule has 0 aliphatic heterocycles. The monoisotopic (exact) mass is 277 g/mol. The molecule has 0 amide bonds. The fourth-order valence-corrected chi connectivity index (χ4v) is 3.36. The number of aromatic nitrogens is 2. The van der Waals surface area contributed by atoms with Gasteiger partial charge >= 0.3 is 0 Å². The van der Waals surface area contributed by atoms with Gasteiger partial charge in [-0.05, 0) is 28.5 Å². The SMILES string of the molecule is Nc1ncnc2sc(-c3ccc4ccccc4c3)cc12. The maximum atomic E-state index is 5.89. The number of nitrogens with zero attached hydrogens (tertiary/aromatic N) is 2. The van der Waals surface area contributed by atoms with E-state index in [1.54, 1.807) is 11.3 Å². The van der Waals surface area contributed by atoms with Gasteiger partial charge in [0, 0.05) is 4.88 Å². The summed E-state index contributed by atoms with van der Waals surface area (Å²) in [5.74, 6) is 0.540. The van der Waals surface area contributed by atoms with Crippen molar-refractivity contribution >= 4 is 38.1 Å². The number of fused-ring (bicyclic) bond motifs is 2.